The van der Waals surface area contributed by atoms with Gasteiger partial charge < -0.3 is 15.8 Å². The van der Waals surface area contributed by atoms with Crippen LogP contribution in [-0.4, -0.2) is 36.2 Å². The van der Waals surface area contributed by atoms with E-state index in [1.165, 1.54) is 6.20 Å². The Hall–Kier alpha value is -1.90. The van der Waals surface area contributed by atoms with Crippen molar-refractivity contribution >= 4 is 5.91 Å². The summed E-state index contributed by atoms with van der Waals surface area (Å²) >= 11 is 0. The van der Waals surface area contributed by atoms with Crippen LogP contribution >= 0.6 is 0 Å². The molecule has 1 aromatic rings. The van der Waals surface area contributed by atoms with Gasteiger partial charge in [0.05, 0.1) is 24.3 Å². The monoisotopic (exact) mass is 259 g/mol. The third-order valence-corrected chi connectivity index (χ3v) is 2.97. The summed E-state index contributed by atoms with van der Waals surface area (Å²) in [6.07, 6.45) is 3.96. The molecule has 1 unspecified atom stereocenters. The number of nitrogens with zero attached hydrogens (tertiary/aromatic N) is 1. The van der Waals surface area contributed by atoms with Crippen molar-refractivity contribution in [3.8, 4) is 11.8 Å². The van der Waals surface area contributed by atoms with Crippen LogP contribution in [-0.2, 0) is 4.74 Å². The third-order valence-electron chi connectivity index (χ3n) is 2.97. The average molecular weight is 259 g/mol. The zero-order valence-corrected chi connectivity index (χ0v) is 10.9. The Kier molecular flexibility index (Phi) is 4.15. The molecule has 0 spiro atoms. The van der Waals surface area contributed by atoms with Crippen molar-refractivity contribution in [1.82, 2.24) is 10.3 Å². The van der Waals surface area contributed by atoms with Gasteiger partial charge in [-0.3, -0.25) is 9.78 Å². The number of aromatic nitrogens is 1. The lowest BCUT2D eigenvalue weighted by Crippen LogP contribution is -2.46. The fourth-order valence-corrected chi connectivity index (χ4v) is 1.90. The number of nitrogens with one attached hydrogen (secondary N) is 1. The van der Waals surface area contributed by atoms with E-state index in [0.29, 0.717) is 24.3 Å². The summed E-state index contributed by atoms with van der Waals surface area (Å²) in [6, 6.07) is 1.71. The number of carbonyl (C=O) groups is 1. The zero-order valence-electron chi connectivity index (χ0n) is 10.9. The Balaban J connectivity index is 2.10. The Morgan fingerprint density at radius 3 is 3.16 bits per heavy atom. The number of hydrogen-bond donors (Lipinski definition) is 2. The van der Waals surface area contributed by atoms with E-state index in [0.717, 1.165) is 6.42 Å². The molecule has 1 saturated heterocycles. The lowest BCUT2D eigenvalue weighted by Gasteiger charge is -2.23. The third kappa shape index (κ3) is 3.53. The number of nitrogens with two attached hydrogens (primary N) is 1. The molecule has 1 amide bonds. The van der Waals surface area contributed by atoms with Gasteiger partial charge in [0, 0.05) is 24.6 Å². The van der Waals surface area contributed by atoms with Crippen molar-refractivity contribution in [2.45, 2.75) is 18.9 Å². The van der Waals surface area contributed by atoms with Crippen LogP contribution in [0.1, 0.15) is 29.3 Å². The van der Waals surface area contributed by atoms with E-state index >= 15 is 0 Å². The van der Waals surface area contributed by atoms with Crippen molar-refractivity contribution in [3.63, 3.8) is 0 Å². The largest absolute Gasteiger partial charge is 0.379 e. The Labute approximate surface area is 112 Å². The normalized spacial score (nSPS) is 21.6. The first kappa shape index (κ1) is 13.5. The van der Waals surface area contributed by atoms with Crippen molar-refractivity contribution in [1.29, 1.82) is 0 Å². The number of ether oxygens (including phenoxy) is 1. The second kappa shape index (κ2) is 5.83. The van der Waals surface area contributed by atoms with Crippen LogP contribution in [0, 0.1) is 11.8 Å². The number of carbonyl (C=O) groups excluding carboxylic acids is 1. The average Bonchev–Trinajstić information content (AvgIpc) is 2.83. The molecule has 0 aliphatic carbocycles. The summed E-state index contributed by atoms with van der Waals surface area (Å²) in [6.45, 7) is 3.48. The molecule has 0 saturated carbocycles. The van der Waals surface area contributed by atoms with Gasteiger partial charge in [-0.1, -0.05) is 11.8 Å². The minimum absolute atomic E-state index is 0.156. The van der Waals surface area contributed by atoms with Gasteiger partial charge >= 0.3 is 0 Å². The molecule has 2 heterocycles. The fraction of sp³-hybridized carbons (Fsp3) is 0.429. The predicted molar refractivity (Wildman–Crippen MR) is 71.5 cm³/mol. The van der Waals surface area contributed by atoms with E-state index < -0.39 is 0 Å². The molecule has 100 valence electrons. The molecule has 5 heteroatoms. The first-order valence-corrected chi connectivity index (χ1v) is 6.17. The van der Waals surface area contributed by atoms with Crippen LogP contribution in [0.15, 0.2) is 18.5 Å². The first-order valence-electron chi connectivity index (χ1n) is 6.17. The van der Waals surface area contributed by atoms with Crippen LogP contribution in [0.2, 0.25) is 0 Å². The molecule has 1 fully saturated rings. The van der Waals surface area contributed by atoms with Gasteiger partial charge in [0.1, 0.15) is 0 Å². The smallest absolute Gasteiger partial charge is 0.253 e. The molecule has 0 radical (unpaired) electrons. The molecular weight excluding hydrogens is 242 g/mol. The SMILES string of the molecule is CC1(NC(=O)c2cncc(C#CCN)c2)CCOC1. The topological polar surface area (TPSA) is 77.2 Å². The molecule has 3 N–H and O–H groups in total. The molecule has 0 bridgehead atoms. The molecule has 2 rings (SSSR count). The molecule has 1 aliphatic rings. The summed E-state index contributed by atoms with van der Waals surface area (Å²) < 4.78 is 5.31. The minimum Gasteiger partial charge on any atom is -0.379 e. The molecule has 1 atom stereocenters. The highest BCUT2D eigenvalue weighted by atomic mass is 16.5. The van der Waals surface area contributed by atoms with E-state index in [4.69, 9.17) is 10.5 Å². The standard InChI is InChI=1S/C14H17N3O2/c1-14(4-6-19-10-14)17-13(18)12-7-11(3-2-5-15)8-16-9-12/h7-9H,4-6,10,15H2,1H3,(H,17,18). The second-order valence-corrected chi connectivity index (χ2v) is 4.79. The minimum atomic E-state index is -0.296. The molecule has 1 aliphatic heterocycles. The number of rotatable bonds is 2. The van der Waals surface area contributed by atoms with E-state index in [1.54, 1.807) is 12.3 Å². The van der Waals surface area contributed by atoms with Crippen molar-refractivity contribution in [2.75, 3.05) is 19.8 Å². The molecule has 0 aromatic carbocycles. The van der Waals surface area contributed by atoms with Crippen LogP contribution in [0.25, 0.3) is 0 Å². The van der Waals surface area contributed by atoms with Crippen LogP contribution in [0.4, 0.5) is 0 Å². The second-order valence-electron chi connectivity index (χ2n) is 4.79. The first-order chi connectivity index (χ1) is 9.13. The molecular formula is C14H17N3O2. The highest BCUT2D eigenvalue weighted by molar-refractivity contribution is 5.94. The van der Waals surface area contributed by atoms with Gasteiger partial charge in [0.25, 0.3) is 5.91 Å². The van der Waals surface area contributed by atoms with Crippen molar-refractivity contribution < 1.29 is 9.53 Å². The van der Waals surface area contributed by atoms with Crippen LogP contribution in [0.5, 0.6) is 0 Å². The van der Waals surface area contributed by atoms with Gasteiger partial charge in [-0.05, 0) is 19.4 Å². The quantitative estimate of drug-likeness (QED) is 0.749. The molecule has 5 nitrogen and oxygen atoms in total. The summed E-state index contributed by atoms with van der Waals surface area (Å²) in [5, 5.41) is 2.98. The maximum Gasteiger partial charge on any atom is 0.253 e. The van der Waals surface area contributed by atoms with Gasteiger partial charge in [0.2, 0.25) is 0 Å². The highest BCUT2D eigenvalue weighted by Crippen LogP contribution is 2.18. The molecule has 1 aromatic heterocycles. The summed E-state index contributed by atoms with van der Waals surface area (Å²) in [7, 11) is 0. The number of hydrogen-bond acceptors (Lipinski definition) is 4. The van der Waals surface area contributed by atoms with Crippen molar-refractivity contribution in [2.24, 2.45) is 5.73 Å². The van der Waals surface area contributed by atoms with E-state index in [9.17, 15) is 4.79 Å². The van der Waals surface area contributed by atoms with Gasteiger partial charge in [-0.25, -0.2) is 0 Å². The van der Waals surface area contributed by atoms with Crippen LogP contribution < -0.4 is 11.1 Å². The maximum atomic E-state index is 12.2. The number of pyridine rings is 1. The predicted octanol–water partition coefficient (Wildman–Crippen LogP) is 0.301. The lowest BCUT2D eigenvalue weighted by molar-refractivity contribution is 0.0889. The summed E-state index contributed by atoms with van der Waals surface area (Å²) in [4.78, 5) is 16.2. The zero-order chi connectivity index (χ0) is 13.7. The van der Waals surface area contributed by atoms with E-state index in [-0.39, 0.29) is 18.0 Å². The van der Waals surface area contributed by atoms with Crippen molar-refractivity contribution in [3.05, 3.63) is 29.6 Å². The molecule has 19 heavy (non-hydrogen) atoms. The Morgan fingerprint density at radius 1 is 1.63 bits per heavy atom. The van der Waals surface area contributed by atoms with Crippen LogP contribution in [0.3, 0.4) is 0 Å². The Bertz CT molecular complexity index is 525. The Morgan fingerprint density at radius 2 is 2.47 bits per heavy atom. The highest BCUT2D eigenvalue weighted by Gasteiger charge is 2.31. The summed E-state index contributed by atoms with van der Waals surface area (Å²) in [5.41, 5.74) is 6.20. The van der Waals surface area contributed by atoms with E-state index in [1.807, 2.05) is 6.92 Å². The van der Waals surface area contributed by atoms with E-state index in [2.05, 4.69) is 22.1 Å². The van der Waals surface area contributed by atoms with Gasteiger partial charge in [-0.2, -0.15) is 0 Å². The van der Waals surface area contributed by atoms with Gasteiger partial charge in [-0.15, -0.1) is 0 Å². The number of amides is 1. The maximum absolute atomic E-state index is 12.2. The summed E-state index contributed by atoms with van der Waals surface area (Å²) in [5.74, 6) is 5.44. The van der Waals surface area contributed by atoms with Gasteiger partial charge in [0.15, 0.2) is 0 Å². The lowest BCUT2D eigenvalue weighted by atomic mass is 10.0. The fourth-order valence-electron chi connectivity index (χ4n) is 1.90.